The van der Waals surface area contributed by atoms with Gasteiger partial charge < -0.3 is 14.7 Å². The molecule has 0 spiro atoms. The van der Waals surface area contributed by atoms with Gasteiger partial charge in [-0.3, -0.25) is 4.79 Å². The third-order valence-corrected chi connectivity index (χ3v) is 3.38. The van der Waals surface area contributed by atoms with Crippen LogP contribution in [0.1, 0.15) is 30.3 Å². The first-order valence-corrected chi connectivity index (χ1v) is 6.13. The molecule has 6 heteroatoms. The molecule has 1 aliphatic heterocycles. The maximum Gasteiger partial charge on any atom is 0.274 e. The van der Waals surface area contributed by atoms with Gasteiger partial charge in [-0.1, -0.05) is 12.1 Å². The van der Waals surface area contributed by atoms with Gasteiger partial charge in [0.05, 0.1) is 12.0 Å². The molecule has 0 saturated carbocycles. The minimum atomic E-state index is -0.0500. The number of hydrogen-bond acceptors (Lipinski definition) is 4. The highest BCUT2D eigenvalue weighted by atomic mass is 16.4. The zero-order valence-electron chi connectivity index (χ0n) is 10.7. The van der Waals surface area contributed by atoms with E-state index in [1.807, 2.05) is 14.0 Å². The standard InChI is InChI=1S/C12H18N4O2/c1-3-9-6-16(5-4-10(9)14-18)12(17)11-7-15(2)8-13-11/h7-9,18H,3-6H2,1-2H3. The van der Waals surface area contributed by atoms with Crippen molar-refractivity contribution >= 4 is 11.6 Å². The number of imidazole rings is 1. The molecular weight excluding hydrogens is 232 g/mol. The smallest absolute Gasteiger partial charge is 0.274 e. The van der Waals surface area contributed by atoms with Crippen LogP contribution in [0.4, 0.5) is 0 Å². The molecule has 1 fully saturated rings. The fraction of sp³-hybridized carbons (Fsp3) is 0.583. The summed E-state index contributed by atoms with van der Waals surface area (Å²) in [5.74, 6) is 0.0995. The van der Waals surface area contributed by atoms with Crippen molar-refractivity contribution in [1.29, 1.82) is 0 Å². The highest BCUT2D eigenvalue weighted by Gasteiger charge is 2.28. The number of likely N-dealkylation sites (tertiary alicyclic amines) is 1. The number of nitrogens with zero attached hydrogens (tertiary/aromatic N) is 4. The van der Waals surface area contributed by atoms with Crippen molar-refractivity contribution in [3.8, 4) is 0 Å². The monoisotopic (exact) mass is 250 g/mol. The maximum atomic E-state index is 12.2. The van der Waals surface area contributed by atoms with Crippen molar-refractivity contribution in [1.82, 2.24) is 14.5 Å². The summed E-state index contributed by atoms with van der Waals surface area (Å²) in [4.78, 5) is 18.1. The predicted molar refractivity (Wildman–Crippen MR) is 66.7 cm³/mol. The number of aromatic nitrogens is 2. The molecule has 2 heterocycles. The maximum absolute atomic E-state index is 12.2. The van der Waals surface area contributed by atoms with E-state index in [2.05, 4.69) is 10.1 Å². The Morgan fingerprint density at radius 3 is 3.00 bits per heavy atom. The first-order valence-electron chi connectivity index (χ1n) is 6.13. The quantitative estimate of drug-likeness (QED) is 0.631. The summed E-state index contributed by atoms with van der Waals surface area (Å²) in [6.45, 7) is 3.22. The fourth-order valence-corrected chi connectivity index (χ4v) is 2.28. The number of carbonyl (C=O) groups excluding carboxylic acids is 1. The number of hydrogen-bond donors (Lipinski definition) is 1. The Hall–Kier alpha value is -1.85. The van der Waals surface area contributed by atoms with Crippen LogP contribution in [0.25, 0.3) is 0 Å². The molecule has 1 atom stereocenters. The molecule has 1 saturated heterocycles. The zero-order chi connectivity index (χ0) is 13.1. The number of amides is 1. The van der Waals surface area contributed by atoms with E-state index in [0.29, 0.717) is 25.2 Å². The molecule has 18 heavy (non-hydrogen) atoms. The Balaban J connectivity index is 2.09. The van der Waals surface area contributed by atoms with Crippen LogP contribution in [-0.4, -0.2) is 44.4 Å². The summed E-state index contributed by atoms with van der Waals surface area (Å²) in [5.41, 5.74) is 1.26. The van der Waals surface area contributed by atoms with E-state index in [4.69, 9.17) is 5.21 Å². The van der Waals surface area contributed by atoms with Crippen LogP contribution in [-0.2, 0) is 7.05 Å². The predicted octanol–water partition coefficient (Wildman–Crippen LogP) is 1.12. The van der Waals surface area contributed by atoms with Crippen LogP contribution in [0, 0.1) is 5.92 Å². The molecule has 1 amide bonds. The molecular formula is C12H18N4O2. The van der Waals surface area contributed by atoms with Crippen LogP contribution in [0.3, 0.4) is 0 Å². The summed E-state index contributed by atoms with van der Waals surface area (Å²) >= 11 is 0. The lowest BCUT2D eigenvalue weighted by molar-refractivity contribution is 0.0723. The van der Waals surface area contributed by atoms with Crippen molar-refractivity contribution in [3.05, 3.63) is 18.2 Å². The van der Waals surface area contributed by atoms with E-state index >= 15 is 0 Å². The highest BCUT2D eigenvalue weighted by Crippen LogP contribution is 2.18. The Morgan fingerprint density at radius 2 is 2.44 bits per heavy atom. The Bertz CT molecular complexity index is 466. The molecule has 6 nitrogen and oxygen atoms in total. The third kappa shape index (κ3) is 2.37. The van der Waals surface area contributed by atoms with E-state index in [9.17, 15) is 4.79 Å². The summed E-state index contributed by atoms with van der Waals surface area (Å²) in [6, 6.07) is 0. The van der Waals surface area contributed by atoms with Gasteiger partial charge in [-0.15, -0.1) is 0 Å². The van der Waals surface area contributed by atoms with Crippen LogP contribution in [0.15, 0.2) is 17.7 Å². The molecule has 98 valence electrons. The normalized spacial score (nSPS) is 22.4. The molecule has 1 unspecified atom stereocenters. The average molecular weight is 250 g/mol. The van der Waals surface area contributed by atoms with E-state index in [1.165, 1.54) is 0 Å². The minimum absolute atomic E-state index is 0.0500. The number of carbonyl (C=O) groups is 1. The summed E-state index contributed by atoms with van der Waals surface area (Å²) in [6.07, 6.45) is 4.84. The topological polar surface area (TPSA) is 70.7 Å². The molecule has 1 aliphatic rings. The SMILES string of the molecule is CCC1CN(C(=O)c2cn(C)cn2)CCC1=NO. The van der Waals surface area contributed by atoms with Gasteiger partial charge in [-0.05, 0) is 6.42 Å². The number of rotatable bonds is 2. The van der Waals surface area contributed by atoms with Crippen molar-refractivity contribution in [2.24, 2.45) is 18.1 Å². The molecule has 1 aromatic rings. The van der Waals surface area contributed by atoms with Gasteiger partial charge >= 0.3 is 0 Å². The molecule has 0 bridgehead atoms. The Labute approximate surface area is 106 Å². The fourth-order valence-electron chi connectivity index (χ4n) is 2.28. The molecule has 1 aromatic heterocycles. The van der Waals surface area contributed by atoms with Gasteiger partial charge in [0.25, 0.3) is 5.91 Å². The average Bonchev–Trinajstić information content (AvgIpc) is 2.83. The molecule has 2 rings (SSSR count). The van der Waals surface area contributed by atoms with Crippen molar-refractivity contribution < 1.29 is 10.0 Å². The Morgan fingerprint density at radius 1 is 1.67 bits per heavy atom. The third-order valence-electron chi connectivity index (χ3n) is 3.38. The van der Waals surface area contributed by atoms with Gasteiger partial charge in [-0.25, -0.2) is 4.98 Å². The van der Waals surface area contributed by atoms with E-state index in [-0.39, 0.29) is 11.8 Å². The molecule has 1 N–H and O–H groups in total. The van der Waals surface area contributed by atoms with Crippen LogP contribution < -0.4 is 0 Å². The van der Waals surface area contributed by atoms with Crippen LogP contribution >= 0.6 is 0 Å². The zero-order valence-corrected chi connectivity index (χ0v) is 10.7. The summed E-state index contributed by atoms with van der Waals surface area (Å²) in [5, 5.41) is 12.2. The second kappa shape index (κ2) is 5.20. The first kappa shape index (κ1) is 12.6. The first-order chi connectivity index (χ1) is 8.65. The lowest BCUT2D eigenvalue weighted by Crippen LogP contribution is -2.44. The van der Waals surface area contributed by atoms with E-state index in [1.54, 1.807) is 22.0 Å². The molecule has 0 aliphatic carbocycles. The van der Waals surface area contributed by atoms with Crippen molar-refractivity contribution in [2.45, 2.75) is 19.8 Å². The van der Waals surface area contributed by atoms with Crippen molar-refractivity contribution in [3.63, 3.8) is 0 Å². The van der Waals surface area contributed by atoms with E-state index < -0.39 is 0 Å². The largest absolute Gasteiger partial charge is 0.411 e. The summed E-state index contributed by atoms with van der Waals surface area (Å²) in [7, 11) is 1.84. The lowest BCUT2D eigenvalue weighted by Gasteiger charge is -2.32. The minimum Gasteiger partial charge on any atom is -0.411 e. The number of aryl methyl sites for hydroxylation is 1. The second-order valence-electron chi connectivity index (χ2n) is 4.62. The van der Waals surface area contributed by atoms with Crippen LogP contribution in [0.2, 0.25) is 0 Å². The van der Waals surface area contributed by atoms with Gasteiger partial charge in [0.15, 0.2) is 0 Å². The molecule has 0 radical (unpaired) electrons. The van der Waals surface area contributed by atoms with Gasteiger partial charge in [0.1, 0.15) is 5.69 Å². The van der Waals surface area contributed by atoms with Gasteiger partial charge in [0, 0.05) is 38.7 Å². The highest BCUT2D eigenvalue weighted by molar-refractivity contribution is 5.95. The number of piperidine rings is 1. The molecule has 0 aromatic carbocycles. The summed E-state index contributed by atoms with van der Waals surface area (Å²) < 4.78 is 1.76. The van der Waals surface area contributed by atoms with Crippen molar-refractivity contribution in [2.75, 3.05) is 13.1 Å². The van der Waals surface area contributed by atoms with Gasteiger partial charge in [-0.2, -0.15) is 0 Å². The Kier molecular flexibility index (Phi) is 3.64. The second-order valence-corrected chi connectivity index (χ2v) is 4.62. The lowest BCUT2D eigenvalue weighted by atomic mass is 9.93. The van der Waals surface area contributed by atoms with E-state index in [0.717, 1.165) is 12.1 Å². The number of oxime groups is 1. The van der Waals surface area contributed by atoms with Gasteiger partial charge in [0.2, 0.25) is 0 Å². The van der Waals surface area contributed by atoms with Crippen LogP contribution in [0.5, 0.6) is 0 Å².